The molecule has 2 saturated carbocycles. The first-order valence-corrected chi connectivity index (χ1v) is 12.7. The molecule has 3 N–H and O–H groups in total. The van der Waals surface area contributed by atoms with Crippen LogP contribution in [0.4, 0.5) is 17.5 Å². The second kappa shape index (κ2) is 8.39. The summed E-state index contributed by atoms with van der Waals surface area (Å²) in [7, 11) is 0. The number of nitrogens with one attached hydrogen (secondary N) is 2. The monoisotopic (exact) mass is 482 g/mol. The number of rotatable bonds is 9. The fourth-order valence-corrected chi connectivity index (χ4v) is 5.25. The lowest BCUT2D eigenvalue weighted by Gasteiger charge is -2.47. The van der Waals surface area contributed by atoms with E-state index >= 15 is 0 Å². The Bertz CT molecular complexity index is 1230. The number of aromatic amines is 1. The van der Waals surface area contributed by atoms with E-state index in [1.54, 1.807) is 0 Å². The van der Waals surface area contributed by atoms with Gasteiger partial charge in [0.2, 0.25) is 0 Å². The van der Waals surface area contributed by atoms with Gasteiger partial charge in [-0.15, -0.1) is 0 Å². The molecule has 9 heteroatoms. The number of β-amino-alcohol motifs (C(OH)–C–C–N with tert-alkyl or cyclic N) is 1. The van der Waals surface area contributed by atoms with Crippen molar-refractivity contribution in [2.75, 3.05) is 23.3 Å². The number of carbonyl (C=O) groups is 1. The number of aliphatic hydroxyl groups is 1. The van der Waals surface area contributed by atoms with E-state index in [9.17, 15) is 9.90 Å². The van der Waals surface area contributed by atoms with Gasteiger partial charge >= 0.3 is 0 Å². The highest BCUT2D eigenvalue weighted by molar-refractivity contribution is 7.99. The van der Waals surface area contributed by atoms with Crippen LogP contribution in [0.5, 0.6) is 0 Å². The molecule has 34 heavy (non-hydrogen) atoms. The van der Waals surface area contributed by atoms with Gasteiger partial charge < -0.3 is 15.3 Å². The molecule has 6 rings (SSSR count). The number of anilines is 3. The lowest BCUT2D eigenvalue weighted by atomic mass is 9.89. The predicted molar refractivity (Wildman–Crippen MR) is 137 cm³/mol. The summed E-state index contributed by atoms with van der Waals surface area (Å²) in [5.74, 6) is 3.21. The van der Waals surface area contributed by atoms with Gasteiger partial charge in [0, 0.05) is 39.3 Å². The average molecular weight is 483 g/mol. The quantitative estimate of drug-likeness (QED) is 0.379. The van der Waals surface area contributed by atoms with Crippen LogP contribution in [0.25, 0.3) is 0 Å². The number of aromatic nitrogens is 4. The molecule has 3 aromatic rings. The van der Waals surface area contributed by atoms with E-state index in [2.05, 4.69) is 20.4 Å². The molecule has 1 aliphatic heterocycles. The maximum atomic E-state index is 12.1. The van der Waals surface area contributed by atoms with Crippen molar-refractivity contribution in [3.8, 4) is 0 Å². The summed E-state index contributed by atoms with van der Waals surface area (Å²) in [5, 5.41) is 21.8. The van der Waals surface area contributed by atoms with Crippen molar-refractivity contribution in [1.82, 2.24) is 20.2 Å². The van der Waals surface area contributed by atoms with E-state index in [4.69, 9.17) is 9.97 Å². The molecular formula is C25H34N6O2S. The van der Waals surface area contributed by atoms with Gasteiger partial charge in [0.25, 0.3) is 0 Å². The van der Waals surface area contributed by atoms with Crippen LogP contribution in [0.3, 0.4) is 0 Å². The Balaban J connectivity index is 0.00000127. The van der Waals surface area contributed by atoms with Crippen molar-refractivity contribution >= 4 is 35.0 Å². The molecule has 182 valence electrons. The Morgan fingerprint density at radius 1 is 1.18 bits per heavy atom. The molecule has 2 aliphatic carbocycles. The van der Waals surface area contributed by atoms with Crippen LogP contribution in [-0.4, -0.2) is 49.7 Å². The maximum absolute atomic E-state index is 12.1. The van der Waals surface area contributed by atoms with E-state index in [-0.39, 0.29) is 10.2 Å². The molecule has 0 bridgehead atoms. The zero-order valence-electron chi connectivity index (χ0n) is 19.1. The standard InChI is InChI=1S/C25H28N6O2S.3H2/c1-15-10-22(30-29-15)26-21-12-23(31-13-25(33,14-31)18-6-7-18)28-24(27-21)34-19-8-2-16(3-9-19)11-20(32)17-4-5-17;;;/h2-3,8-10,12,17-18,33H,4-7,11,13-14H2,1H3,(H2,26,27,28,29,30);3*1H. The highest BCUT2D eigenvalue weighted by Crippen LogP contribution is 2.45. The van der Waals surface area contributed by atoms with E-state index in [1.165, 1.54) is 11.8 Å². The van der Waals surface area contributed by atoms with Gasteiger partial charge in [-0.25, -0.2) is 9.97 Å². The number of hydrogen-bond acceptors (Lipinski definition) is 8. The number of Topliss-reactive ketones (excluding diaryl/α,β-unsaturated/α-hetero) is 1. The molecule has 0 unspecified atom stereocenters. The summed E-state index contributed by atoms with van der Waals surface area (Å²) in [5.41, 5.74) is 1.43. The summed E-state index contributed by atoms with van der Waals surface area (Å²) in [6.45, 7) is 3.15. The molecule has 1 aromatic carbocycles. The predicted octanol–water partition coefficient (Wildman–Crippen LogP) is 4.62. The van der Waals surface area contributed by atoms with E-state index < -0.39 is 5.60 Å². The van der Waals surface area contributed by atoms with Gasteiger partial charge in [0.1, 0.15) is 23.0 Å². The summed E-state index contributed by atoms with van der Waals surface area (Å²) in [6.07, 6.45) is 4.83. The summed E-state index contributed by atoms with van der Waals surface area (Å²) < 4.78 is 0. The second-order valence-electron chi connectivity index (χ2n) is 9.85. The topological polar surface area (TPSA) is 107 Å². The number of hydrogen-bond donors (Lipinski definition) is 3. The van der Waals surface area contributed by atoms with Gasteiger partial charge in [-0.2, -0.15) is 5.10 Å². The molecule has 3 heterocycles. The Morgan fingerprint density at radius 3 is 2.59 bits per heavy atom. The van der Waals surface area contributed by atoms with Gasteiger partial charge in [-0.3, -0.25) is 9.89 Å². The normalized spacial score (nSPS) is 19.1. The fraction of sp³-hybridized carbons (Fsp3) is 0.440. The van der Waals surface area contributed by atoms with Crippen molar-refractivity contribution < 1.29 is 14.2 Å². The first-order chi connectivity index (χ1) is 16.4. The maximum Gasteiger partial charge on any atom is 0.196 e. The lowest BCUT2D eigenvalue weighted by molar-refractivity contribution is -0.119. The zero-order valence-corrected chi connectivity index (χ0v) is 19.9. The van der Waals surface area contributed by atoms with Crippen LogP contribution in [0.2, 0.25) is 0 Å². The van der Waals surface area contributed by atoms with Crippen LogP contribution >= 0.6 is 11.8 Å². The first-order valence-electron chi connectivity index (χ1n) is 11.9. The van der Waals surface area contributed by atoms with E-state index in [1.807, 2.05) is 43.3 Å². The molecule has 3 aliphatic rings. The van der Waals surface area contributed by atoms with Crippen molar-refractivity contribution in [3.63, 3.8) is 0 Å². The number of carbonyl (C=O) groups excluding carboxylic acids is 1. The minimum absolute atomic E-state index is 0. The van der Waals surface area contributed by atoms with Gasteiger partial charge in [0.05, 0.1) is 13.1 Å². The van der Waals surface area contributed by atoms with E-state index in [0.29, 0.717) is 48.0 Å². The third-order valence-electron chi connectivity index (χ3n) is 6.79. The second-order valence-corrected chi connectivity index (χ2v) is 10.9. The van der Waals surface area contributed by atoms with Gasteiger partial charge in [-0.05, 0) is 68.0 Å². The first kappa shape index (κ1) is 21.6. The summed E-state index contributed by atoms with van der Waals surface area (Å²) >= 11 is 1.48. The molecule has 0 spiro atoms. The Morgan fingerprint density at radius 2 is 1.94 bits per heavy atom. The van der Waals surface area contributed by atoms with Crippen molar-refractivity contribution in [3.05, 3.63) is 47.7 Å². The lowest BCUT2D eigenvalue weighted by Crippen LogP contribution is -2.63. The number of nitrogens with zero attached hydrogens (tertiary/aromatic N) is 4. The zero-order chi connectivity index (χ0) is 23.3. The molecule has 2 aromatic heterocycles. The molecular weight excluding hydrogens is 448 g/mol. The smallest absolute Gasteiger partial charge is 0.196 e. The van der Waals surface area contributed by atoms with Crippen molar-refractivity contribution in [2.45, 2.75) is 54.7 Å². The minimum atomic E-state index is -0.584. The highest BCUT2D eigenvalue weighted by Gasteiger charge is 2.52. The number of H-pyrrole nitrogens is 1. The van der Waals surface area contributed by atoms with Crippen LogP contribution < -0.4 is 10.2 Å². The Hall–Kier alpha value is -2.91. The Labute approximate surface area is 207 Å². The molecule has 0 atom stereocenters. The number of ketones is 1. The molecule has 8 nitrogen and oxygen atoms in total. The van der Waals surface area contributed by atoms with Crippen LogP contribution in [0, 0.1) is 18.8 Å². The SMILES string of the molecule is Cc1cc(Nc2cc(N3CC(O)(C4CC4)C3)nc(Sc3ccc(CC(=O)C4CC4)cc3)n2)n[nH]1.[HH].[HH].[HH]. The Kier molecular flexibility index (Phi) is 5.33. The van der Waals surface area contributed by atoms with Crippen molar-refractivity contribution in [2.24, 2.45) is 11.8 Å². The molecule has 0 radical (unpaired) electrons. The van der Waals surface area contributed by atoms with Crippen LogP contribution in [0.1, 0.15) is 41.2 Å². The molecule has 1 saturated heterocycles. The van der Waals surface area contributed by atoms with Crippen molar-refractivity contribution in [1.29, 1.82) is 0 Å². The number of benzene rings is 1. The average Bonchev–Trinajstić information content (AvgIpc) is 3.71. The summed E-state index contributed by atoms with van der Waals surface area (Å²) in [6, 6.07) is 11.9. The van der Waals surface area contributed by atoms with Crippen LogP contribution in [-0.2, 0) is 11.2 Å². The van der Waals surface area contributed by atoms with Crippen LogP contribution in [0.15, 0.2) is 46.5 Å². The molecule has 3 fully saturated rings. The number of aryl methyl sites for hydroxylation is 1. The third kappa shape index (κ3) is 4.67. The summed E-state index contributed by atoms with van der Waals surface area (Å²) in [4.78, 5) is 24.7. The van der Waals surface area contributed by atoms with Gasteiger partial charge in [0.15, 0.2) is 11.0 Å². The van der Waals surface area contributed by atoms with Gasteiger partial charge in [-0.1, -0.05) is 12.1 Å². The largest absolute Gasteiger partial charge is 0.386 e. The van der Waals surface area contributed by atoms with E-state index in [0.717, 1.165) is 47.7 Å². The fourth-order valence-electron chi connectivity index (χ4n) is 4.48. The molecule has 0 amide bonds. The minimum Gasteiger partial charge on any atom is -0.386 e. The third-order valence-corrected chi connectivity index (χ3v) is 7.66. The highest BCUT2D eigenvalue weighted by atomic mass is 32.2.